The summed E-state index contributed by atoms with van der Waals surface area (Å²) in [6.07, 6.45) is 1.48. The van der Waals surface area contributed by atoms with Crippen LogP contribution < -0.4 is 10.1 Å². The zero-order chi connectivity index (χ0) is 24.5. The summed E-state index contributed by atoms with van der Waals surface area (Å²) in [6, 6.07) is 22.7. The number of carbonyl (C=O) groups is 2. The molecule has 0 aliphatic carbocycles. The fourth-order valence-corrected chi connectivity index (χ4v) is 3.65. The van der Waals surface area contributed by atoms with Crippen LogP contribution in [0.3, 0.4) is 0 Å². The van der Waals surface area contributed by atoms with E-state index < -0.39 is 11.9 Å². The van der Waals surface area contributed by atoms with Crippen molar-refractivity contribution in [3.05, 3.63) is 98.1 Å². The highest BCUT2D eigenvalue weighted by molar-refractivity contribution is 14.1. The van der Waals surface area contributed by atoms with Crippen molar-refractivity contribution in [2.45, 2.75) is 6.61 Å². The van der Waals surface area contributed by atoms with E-state index in [0.717, 1.165) is 9.13 Å². The average molecular weight is 563 g/mol. The van der Waals surface area contributed by atoms with Gasteiger partial charge in [-0.3, -0.25) is 4.79 Å². The first-order valence-electron chi connectivity index (χ1n) is 9.97. The Kier molecular flexibility index (Phi) is 8.38. The van der Waals surface area contributed by atoms with Crippen molar-refractivity contribution in [3.63, 3.8) is 0 Å². The van der Waals surface area contributed by atoms with Crippen molar-refractivity contribution in [1.29, 1.82) is 10.5 Å². The first-order chi connectivity index (χ1) is 16.4. The summed E-state index contributed by atoms with van der Waals surface area (Å²) in [4.78, 5) is 24.1. The predicted molar refractivity (Wildman–Crippen MR) is 135 cm³/mol. The van der Waals surface area contributed by atoms with Gasteiger partial charge >= 0.3 is 5.97 Å². The van der Waals surface area contributed by atoms with E-state index >= 15 is 0 Å². The number of hydrogen-bond donors (Lipinski definition) is 1. The summed E-state index contributed by atoms with van der Waals surface area (Å²) in [7, 11) is 1.29. The molecule has 0 atom stereocenters. The maximum absolute atomic E-state index is 12.5. The van der Waals surface area contributed by atoms with Gasteiger partial charge in [-0.05, 0) is 76.7 Å². The molecule has 0 spiro atoms. The fourth-order valence-electron chi connectivity index (χ4n) is 2.96. The molecule has 0 aliphatic heterocycles. The van der Waals surface area contributed by atoms with Crippen LogP contribution in [0, 0.1) is 26.2 Å². The van der Waals surface area contributed by atoms with Crippen molar-refractivity contribution in [2.75, 3.05) is 12.4 Å². The number of ether oxygens (including phenoxy) is 2. The lowest BCUT2D eigenvalue weighted by molar-refractivity contribution is -0.112. The van der Waals surface area contributed by atoms with E-state index in [4.69, 9.17) is 4.74 Å². The molecule has 3 aromatic carbocycles. The van der Waals surface area contributed by atoms with Crippen LogP contribution in [0.5, 0.6) is 5.75 Å². The topological polar surface area (TPSA) is 112 Å². The molecule has 168 valence electrons. The highest BCUT2D eigenvalue weighted by Gasteiger charge is 2.12. The second-order valence-corrected chi connectivity index (χ2v) is 8.10. The Bertz CT molecular complexity index is 1340. The molecule has 0 heterocycles. The number of halogens is 1. The highest BCUT2D eigenvalue weighted by Crippen LogP contribution is 2.25. The molecule has 34 heavy (non-hydrogen) atoms. The van der Waals surface area contributed by atoms with Gasteiger partial charge in [-0.25, -0.2) is 4.79 Å². The van der Waals surface area contributed by atoms with Crippen molar-refractivity contribution >= 4 is 46.2 Å². The molecule has 3 aromatic rings. The zero-order valence-corrected chi connectivity index (χ0v) is 20.2. The quantitative estimate of drug-likeness (QED) is 0.186. The lowest BCUT2D eigenvalue weighted by Crippen LogP contribution is -2.13. The Morgan fingerprint density at radius 1 is 1.06 bits per heavy atom. The largest absolute Gasteiger partial charge is 0.488 e. The maximum atomic E-state index is 12.5. The van der Waals surface area contributed by atoms with Crippen LogP contribution in [-0.4, -0.2) is 19.0 Å². The first-order valence-corrected chi connectivity index (χ1v) is 11.0. The van der Waals surface area contributed by atoms with Gasteiger partial charge in [0.2, 0.25) is 0 Å². The van der Waals surface area contributed by atoms with E-state index in [2.05, 4.69) is 38.7 Å². The van der Waals surface area contributed by atoms with Gasteiger partial charge in [0.1, 0.15) is 24.0 Å². The van der Waals surface area contributed by atoms with Crippen molar-refractivity contribution in [3.8, 4) is 17.9 Å². The number of methoxy groups -OCH3 is 1. The minimum absolute atomic E-state index is 0.0792. The number of nitrogens with zero attached hydrogens (tertiary/aromatic N) is 2. The molecule has 0 bridgehead atoms. The third-order valence-corrected chi connectivity index (χ3v) is 5.56. The van der Waals surface area contributed by atoms with E-state index in [0.29, 0.717) is 28.1 Å². The fraction of sp³-hybridized carbons (Fsp3) is 0.0769. The lowest BCUT2D eigenvalue weighted by Gasteiger charge is -2.10. The van der Waals surface area contributed by atoms with Crippen LogP contribution >= 0.6 is 22.6 Å². The second-order valence-electron chi connectivity index (χ2n) is 6.94. The summed E-state index contributed by atoms with van der Waals surface area (Å²) in [5.41, 5.74) is 2.71. The van der Waals surface area contributed by atoms with Gasteiger partial charge in [0.15, 0.2) is 0 Å². The van der Waals surface area contributed by atoms with Crippen LogP contribution in [-0.2, 0) is 16.1 Å². The third kappa shape index (κ3) is 6.21. The molecule has 0 saturated carbocycles. The van der Waals surface area contributed by atoms with Crippen molar-refractivity contribution in [2.24, 2.45) is 0 Å². The predicted octanol–water partition coefficient (Wildman–Crippen LogP) is 5.07. The number of anilines is 1. The normalized spacial score (nSPS) is 10.5. The summed E-state index contributed by atoms with van der Waals surface area (Å²) >= 11 is 2.11. The van der Waals surface area contributed by atoms with Gasteiger partial charge in [0, 0.05) is 11.3 Å². The number of amides is 1. The van der Waals surface area contributed by atoms with Gasteiger partial charge in [0.05, 0.1) is 27.9 Å². The maximum Gasteiger partial charge on any atom is 0.337 e. The van der Waals surface area contributed by atoms with E-state index in [-0.39, 0.29) is 12.2 Å². The molecule has 0 aromatic heterocycles. The zero-order valence-electron chi connectivity index (χ0n) is 18.0. The van der Waals surface area contributed by atoms with E-state index in [1.807, 2.05) is 18.2 Å². The Morgan fingerprint density at radius 2 is 1.79 bits per heavy atom. The minimum Gasteiger partial charge on any atom is -0.488 e. The molecule has 0 aliphatic rings. The molecule has 0 unspecified atom stereocenters. The van der Waals surface area contributed by atoms with Crippen LogP contribution in [0.15, 0.2) is 72.3 Å². The van der Waals surface area contributed by atoms with Gasteiger partial charge in [-0.2, -0.15) is 10.5 Å². The number of nitrogens with one attached hydrogen (secondary N) is 1. The van der Waals surface area contributed by atoms with E-state index in [1.54, 1.807) is 42.5 Å². The number of esters is 1. The SMILES string of the molecule is COC(=O)c1ccc(NC(=O)/C(C#N)=C/c2ccc(OCc3ccccc3C#N)c(I)c2)cc1. The molecule has 8 heteroatoms. The Morgan fingerprint density at radius 3 is 2.44 bits per heavy atom. The average Bonchev–Trinajstić information content (AvgIpc) is 2.86. The number of carbonyl (C=O) groups excluding carboxylic acids is 2. The standard InChI is InChI=1S/C26H18IN3O4/c1-33-26(32)18-7-9-22(10-8-18)30-25(31)21(15-29)12-17-6-11-24(23(27)13-17)34-16-20-5-3-2-4-19(20)14-28/h2-13H,16H2,1H3,(H,30,31)/b21-12+. The van der Waals surface area contributed by atoms with Crippen LogP contribution in [0.4, 0.5) is 5.69 Å². The van der Waals surface area contributed by atoms with E-state index in [1.165, 1.54) is 25.3 Å². The first kappa shape index (κ1) is 24.5. The minimum atomic E-state index is -0.572. The Hall–Kier alpha value is -4.15. The molecule has 0 fully saturated rings. The Balaban J connectivity index is 1.70. The smallest absolute Gasteiger partial charge is 0.337 e. The molecular weight excluding hydrogens is 545 g/mol. The number of hydrogen-bond acceptors (Lipinski definition) is 6. The van der Waals surface area contributed by atoms with Gasteiger partial charge in [0.25, 0.3) is 5.91 Å². The molecule has 3 rings (SSSR count). The molecule has 0 radical (unpaired) electrons. The molecule has 7 nitrogen and oxygen atoms in total. The second kappa shape index (κ2) is 11.6. The van der Waals surface area contributed by atoms with Gasteiger partial charge in [-0.15, -0.1) is 0 Å². The van der Waals surface area contributed by atoms with Crippen LogP contribution in [0.25, 0.3) is 6.08 Å². The Labute approximate surface area is 210 Å². The van der Waals surface area contributed by atoms with Crippen molar-refractivity contribution < 1.29 is 19.1 Å². The molecule has 1 amide bonds. The molecule has 1 N–H and O–H groups in total. The number of nitriles is 2. The monoisotopic (exact) mass is 563 g/mol. The molecule has 0 saturated heterocycles. The van der Waals surface area contributed by atoms with Crippen molar-refractivity contribution in [1.82, 2.24) is 0 Å². The van der Waals surface area contributed by atoms with Gasteiger partial charge < -0.3 is 14.8 Å². The summed E-state index contributed by atoms with van der Waals surface area (Å²) in [5, 5.41) is 21.3. The third-order valence-electron chi connectivity index (χ3n) is 4.72. The number of benzene rings is 3. The summed E-state index contributed by atoms with van der Waals surface area (Å²) < 4.78 is 11.3. The number of rotatable bonds is 7. The van der Waals surface area contributed by atoms with E-state index in [9.17, 15) is 20.1 Å². The lowest BCUT2D eigenvalue weighted by atomic mass is 10.1. The van der Waals surface area contributed by atoms with Gasteiger partial charge in [-0.1, -0.05) is 24.3 Å². The van der Waals surface area contributed by atoms with Crippen LogP contribution in [0.2, 0.25) is 0 Å². The van der Waals surface area contributed by atoms with Crippen LogP contribution in [0.1, 0.15) is 27.0 Å². The summed E-state index contributed by atoms with van der Waals surface area (Å²) in [5.74, 6) is -0.428. The summed E-state index contributed by atoms with van der Waals surface area (Å²) in [6.45, 7) is 0.246. The molecular formula is C26H18IN3O4. The highest BCUT2D eigenvalue weighted by atomic mass is 127.